The van der Waals surface area contributed by atoms with Crippen LogP contribution in [0.25, 0.3) is 0 Å². The summed E-state index contributed by atoms with van der Waals surface area (Å²) in [6, 6.07) is 9.40. The Kier molecular flexibility index (Phi) is 7.06. The minimum atomic E-state index is 0.363. The molecule has 1 aromatic rings. The normalized spacial score (nSPS) is 28.5. The molecule has 4 rings (SSSR count). The highest BCUT2D eigenvalue weighted by atomic mass is 16.5. The van der Waals surface area contributed by atoms with Crippen molar-refractivity contribution in [2.24, 2.45) is 4.99 Å². The lowest BCUT2D eigenvalue weighted by Gasteiger charge is -2.22. The van der Waals surface area contributed by atoms with E-state index in [1.54, 1.807) is 0 Å². The van der Waals surface area contributed by atoms with E-state index in [-0.39, 0.29) is 0 Å². The topological polar surface area (TPSA) is 52.1 Å². The number of rotatable bonds is 6. The number of aliphatic imine (C=N–C) groups is 1. The lowest BCUT2D eigenvalue weighted by Crippen LogP contribution is -2.47. The van der Waals surface area contributed by atoms with Crippen molar-refractivity contribution in [1.29, 1.82) is 0 Å². The zero-order chi connectivity index (χ0) is 20.1. The van der Waals surface area contributed by atoms with Gasteiger partial charge in [0.15, 0.2) is 5.96 Å². The van der Waals surface area contributed by atoms with E-state index in [2.05, 4.69) is 58.7 Å². The van der Waals surface area contributed by atoms with Crippen molar-refractivity contribution >= 4 is 5.96 Å². The van der Waals surface area contributed by atoms with Crippen LogP contribution in [-0.2, 0) is 17.8 Å². The predicted octanol–water partition coefficient (Wildman–Crippen LogP) is 2.20. The van der Waals surface area contributed by atoms with E-state index in [1.165, 1.54) is 50.0 Å². The summed E-state index contributed by atoms with van der Waals surface area (Å²) in [5, 5.41) is 6.98. The van der Waals surface area contributed by atoms with Crippen molar-refractivity contribution in [3.63, 3.8) is 0 Å². The van der Waals surface area contributed by atoms with Crippen LogP contribution >= 0.6 is 0 Å². The molecule has 2 bridgehead atoms. The molecule has 1 aromatic carbocycles. The summed E-state index contributed by atoms with van der Waals surface area (Å²) in [6.07, 6.45) is 5.58. The van der Waals surface area contributed by atoms with Gasteiger partial charge in [0.05, 0.1) is 24.8 Å². The van der Waals surface area contributed by atoms with E-state index in [9.17, 15) is 0 Å². The first-order valence-electron chi connectivity index (χ1n) is 11.4. The van der Waals surface area contributed by atoms with Crippen LogP contribution in [-0.4, -0.2) is 73.8 Å². The van der Waals surface area contributed by atoms with Gasteiger partial charge in [-0.1, -0.05) is 24.3 Å². The number of guanidine groups is 1. The Balaban J connectivity index is 1.29. The largest absolute Gasteiger partial charge is 0.373 e. The van der Waals surface area contributed by atoms with E-state index >= 15 is 0 Å². The molecule has 3 heterocycles. The zero-order valence-electron chi connectivity index (χ0n) is 18.1. The summed E-state index contributed by atoms with van der Waals surface area (Å²) in [4.78, 5) is 9.82. The monoisotopic (exact) mass is 399 g/mol. The highest BCUT2D eigenvalue weighted by molar-refractivity contribution is 5.80. The smallest absolute Gasteiger partial charge is 0.191 e. The first-order valence-corrected chi connectivity index (χ1v) is 11.4. The van der Waals surface area contributed by atoms with Crippen molar-refractivity contribution in [2.45, 2.75) is 63.9 Å². The van der Waals surface area contributed by atoms with Gasteiger partial charge in [-0.25, -0.2) is 4.99 Å². The molecule has 6 heteroatoms. The van der Waals surface area contributed by atoms with Crippen LogP contribution < -0.4 is 10.6 Å². The molecule has 3 unspecified atom stereocenters. The predicted molar refractivity (Wildman–Crippen MR) is 118 cm³/mol. The number of ether oxygens (including phenoxy) is 1. The van der Waals surface area contributed by atoms with Gasteiger partial charge in [-0.3, -0.25) is 4.90 Å². The molecule has 0 aliphatic carbocycles. The molecule has 2 N–H and O–H groups in total. The molecular formula is C23H37N5O. The fourth-order valence-electron chi connectivity index (χ4n) is 4.72. The summed E-state index contributed by atoms with van der Waals surface area (Å²) in [6.45, 7) is 9.47. The van der Waals surface area contributed by atoms with Crippen molar-refractivity contribution in [3.8, 4) is 0 Å². The fourth-order valence-corrected chi connectivity index (χ4v) is 4.72. The first-order chi connectivity index (χ1) is 14.2. The second-order valence-corrected chi connectivity index (χ2v) is 8.81. The number of likely N-dealkylation sites (N-methyl/N-ethyl adjacent to an activating group) is 1. The summed E-state index contributed by atoms with van der Waals surface area (Å²) in [5.74, 6) is 0.909. The average Bonchev–Trinajstić information content (AvgIpc) is 3.28. The third-order valence-corrected chi connectivity index (χ3v) is 6.43. The summed E-state index contributed by atoms with van der Waals surface area (Å²) in [5.41, 5.74) is 2.65. The Morgan fingerprint density at radius 3 is 2.66 bits per heavy atom. The van der Waals surface area contributed by atoms with Gasteiger partial charge in [0.1, 0.15) is 0 Å². The number of hydrogen-bond acceptors (Lipinski definition) is 4. The summed E-state index contributed by atoms with van der Waals surface area (Å²) < 4.78 is 5.96. The Hall–Kier alpha value is -1.63. The lowest BCUT2D eigenvalue weighted by atomic mass is 9.96. The summed E-state index contributed by atoms with van der Waals surface area (Å²) in [7, 11) is 2.22. The molecule has 0 spiro atoms. The molecule has 0 aromatic heterocycles. The van der Waals surface area contributed by atoms with Gasteiger partial charge in [-0.2, -0.15) is 0 Å². The Bertz CT molecular complexity index is 676. The van der Waals surface area contributed by atoms with E-state index in [0.717, 1.165) is 32.0 Å². The van der Waals surface area contributed by atoms with E-state index < -0.39 is 0 Å². The number of benzene rings is 1. The molecule has 3 aliphatic heterocycles. The van der Waals surface area contributed by atoms with Crippen LogP contribution in [0.2, 0.25) is 0 Å². The van der Waals surface area contributed by atoms with Gasteiger partial charge in [-0.15, -0.1) is 0 Å². The number of fused-ring (bicyclic) bond motifs is 2. The minimum Gasteiger partial charge on any atom is -0.373 e. The van der Waals surface area contributed by atoms with Crippen LogP contribution in [0.1, 0.15) is 43.7 Å². The first kappa shape index (κ1) is 20.6. The average molecular weight is 400 g/mol. The number of hydrogen-bond donors (Lipinski definition) is 2. The fraction of sp³-hybridized carbons (Fsp3) is 0.696. The van der Waals surface area contributed by atoms with Crippen LogP contribution in [0.4, 0.5) is 0 Å². The zero-order valence-corrected chi connectivity index (χ0v) is 18.1. The third-order valence-electron chi connectivity index (χ3n) is 6.43. The molecular weight excluding hydrogens is 362 g/mol. The van der Waals surface area contributed by atoms with Crippen molar-refractivity contribution in [1.82, 2.24) is 20.4 Å². The molecule has 0 amide bonds. The van der Waals surface area contributed by atoms with E-state index in [1.807, 2.05) is 0 Å². The van der Waals surface area contributed by atoms with E-state index in [0.29, 0.717) is 24.8 Å². The SMILES string of the molecule is CCNC(=NCc1ccc(CN2CCCN(C)CC2)cc1)NC1CC2CCC1O2. The molecule has 3 saturated heterocycles. The number of nitrogens with zero attached hydrogens (tertiary/aromatic N) is 3. The van der Waals surface area contributed by atoms with E-state index in [4.69, 9.17) is 9.73 Å². The molecule has 29 heavy (non-hydrogen) atoms. The van der Waals surface area contributed by atoms with Gasteiger partial charge in [0.25, 0.3) is 0 Å². The third kappa shape index (κ3) is 5.71. The highest BCUT2D eigenvalue weighted by Gasteiger charge is 2.41. The van der Waals surface area contributed by atoms with Gasteiger partial charge in [0.2, 0.25) is 0 Å². The molecule has 0 saturated carbocycles. The van der Waals surface area contributed by atoms with Gasteiger partial charge in [0, 0.05) is 26.2 Å². The second kappa shape index (κ2) is 9.92. The minimum absolute atomic E-state index is 0.363. The molecule has 160 valence electrons. The molecule has 0 radical (unpaired) electrons. The molecule has 3 aliphatic rings. The maximum Gasteiger partial charge on any atom is 0.191 e. The van der Waals surface area contributed by atoms with Gasteiger partial charge < -0.3 is 20.3 Å². The number of nitrogens with one attached hydrogen (secondary N) is 2. The van der Waals surface area contributed by atoms with Gasteiger partial charge in [-0.05, 0) is 63.9 Å². The van der Waals surface area contributed by atoms with Gasteiger partial charge >= 0.3 is 0 Å². The maximum absolute atomic E-state index is 5.96. The van der Waals surface area contributed by atoms with Crippen molar-refractivity contribution in [3.05, 3.63) is 35.4 Å². The highest BCUT2D eigenvalue weighted by Crippen LogP contribution is 2.34. The Morgan fingerprint density at radius 1 is 1.10 bits per heavy atom. The van der Waals surface area contributed by atoms with Crippen molar-refractivity contribution in [2.75, 3.05) is 39.8 Å². The summed E-state index contributed by atoms with van der Waals surface area (Å²) >= 11 is 0. The van der Waals surface area contributed by atoms with Crippen LogP contribution in [0.15, 0.2) is 29.3 Å². The molecule has 6 nitrogen and oxygen atoms in total. The standard InChI is InChI=1S/C23H37N5O/c1-3-24-23(26-21-15-20-9-10-22(21)29-20)25-16-18-5-7-19(8-6-18)17-28-12-4-11-27(2)13-14-28/h5-8,20-22H,3-4,9-17H2,1-2H3,(H2,24,25,26). The van der Waals surface area contributed by atoms with Crippen LogP contribution in [0.3, 0.4) is 0 Å². The molecule has 3 atom stereocenters. The maximum atomic E-state index is 5.96. The van der Waals surface area contributed by atoms with Crippen LogP contribution in [0.5, 0.6) is 0 Å². The Morgan fingerprint density at radius 2 is 1.93 bits per heavy atom. The Labute approximate surface area is 175 Å². The van der Waals surface area contributed by atoms with Crippen molar-refractivity contribution < 1.29 is 4.74 Å². The lowest BCUT2D eigenvalue weighted by molar-refractivity contribution is 0.0992. The second-order valence-electron chi connectivity index (χ2n) is 8.81. The van der Waals surface area contributed by atoms with Crippen LogP contribution in [0, 0.1) is 0 Å². The molecule has 3 fully saturated rings. The quantitative estimate of drug-likeness (QED) is 0.567.